The molecule has 0 aromatic heterocycles. The summed E-state index contributed by atoms with van der Waals surface area (Å²) in [6, 6.07) is 11.3. The maximum absolute atomic E-state index is 13.4. The van der Waals surface area contributed by atoms with Crippen LogP contribution in [0, 0.1) is 5.82 Å². The Bertz CT molecular complexity index is 989. The molecule has 1 aliphatic heterocycles. The molecular weight excluding hydrogens is 435 g/mol. The van der Waals surface area contributed by atoms with E-state index in [1.807, 2.05) is 18.2 Å². The third-order valence-electron chi connectivity index (χ3n) is 6.62. The summed E-state index contributed by atoms with van der Waals surface area (Å²) in [4.78, 5) is 28.0. The van der Waals surface area contributed by atoms with Crippen molar-refractivity contribution in [1.82, 2.24) is 10.2 Å². The standard InChI is InChI=1S/C27H33FN2O4/c1-19(27(32)29-23-5-3-2-4-6-23)30(18-21-7-11-22(28)12-8-21)26(31)14-10-20-9-13-24-25(17-20)34-16-15-33-24/h7-9,11-13,17,19,23H,2-6,10,14-16,18H2,1H3,(H,29,32)/t19-/m1/s1. The molecule has 1 fully saturated rings. The Hall–Kier alpha value is -3.09. The van der Waals surface area contributed by atoms with Crippen LogP contribution in [0.5, 0.6) is 11.5 Å². The zero-order chi connectivity index (χ0) is 23.9. The minimum Gasteiger partial charge on any atom is -0.486 e. The molecule has 34 heavy (non-hydrogen) atoms. The average molecular weight is 469 g/mol. The lowest BCUT2D eigenvalue weighted by atomic mass is 9.95. The molecule has 0 spiro atoms. The summed E-state index contributed by atoms with van der Waals surface area (Å²) in [5, 5.41) is 3.13. The monoisotopic (exact) mass is 468 g/mol. The predicted octanol–water partition coefficient (Wildman–Crippen LogP) is 4.40. The van der Waals surface area contributed by atoms with Crippen LogP contribution in [-0.4, -0.2) is 42.0 Å². The Balaban J connectivity index is 1.44. The highest BCUT2D eigenvalue weighted by Gasteiger charge is 2.28. The molecule has 0 unspecified atom stereocenters. The van der Waals surface area contributed by atoms with Gasteiger partial charge in [-0.25, -0.2) is 4.39 Å². The van der Waals surface area contributed by atoms with Crippen LogP contribution in [0.1, 0.15) is 56.6 Å². The SMILES string of the molecule is C[C@H](C(=O)NC1CCCCC1)N(Cc1ccc(F)cc1)C(=O)CCc1ccc2c(c1)OCCO2. The van der Waals surface area contributed by atoms with Crippen LogP contribution in [0.3, 0.4) is 0 Å². The summed E-state index contributed by atoms with van der Waals surface area (Å²) in [5.74, 6) is 0.822. The van der Waals surface area contributed by atoms with E-state index in [0.717, 1.165) is 36.8 Å². The number of fused-ring (bicyclic) bond motifs is 1. The van der Waals surface area contributed by atoms with Crippen molar-refractivity contribution in [2.45, 2.75) is 70.5 Å². The van der Waals surface area contributed by atoms with Gasteiger partial charge in [0.1, 0.15) is 25.1 Å². The summed E-state index contributed by atoms with van der Waals surface area (Å²) in [5.41, 5.74) is 1.75. The van der Waals surface area contributed by atoms with Crippen LogP contribution >= 0.6 is 0 Å². The van der Waals surface area contributed by atoms with Crippen LogP contribution in [0.4, 0.5) is 4.39 Å². The first-order chi connectivity index (χ1) is 16.5. The third kappa shape index (κ3) is 6.27. The maximum Gasteiger partial charge on any atom is 0.242 e. The normalized spacial score (nSPS) is 16.5. The molecule has 1 atom stereocenters. The first-order valence-corrected chi connectivity index (χ1v) is 12.2. The number of ether oxygens (including phenoxy) is 2. The Morgan fingerprint density at radius 2 is 1.68 bits per heavy atom. The lowest BCUT2D eigenvalue weighted by Crippen LogP contribution is -2.50. The summed E-state index contributed by atoms with van der Waals surface area (Å²) in [6.07, 6.45) is 6.17. The van der Waals surface area contributed by atoms with Crippen molar-refractivity contribution >= 4 is 11.8 Å². The van der Waals surface area contributed by atoms with E-state index in [4.69, 9.17) is 9.47 Å². The van der Waals surface area contributed by atoms with Gasteiger partial charge in [-0.2, -0.15) is 0 Å². The quantitative estimate of drug-likeness (QED) is 0.624. The van der Waals surface area contributed by atoms with Gasteiger partial charge in [0.2, 0.25) is 11.8 Å². The van der Waals surface area contributed by atoms with Gasteiger partial charge < -0.3 is 19.7 Å². The van der Waals surface area contributed by atoms with E-state index >= 15 is 0 Å². The highest BCUT2D eigenvalue weighted by Crippen LogP contribution is 2.31. The molecule has 0 radical (unpaired) electrons. The molecule has 1 saturated carbocycles. The van der Waals surface area contributed by atoms with Gasteiger partial charge in [-0.15, -0.1) is 0 Å². The number of halogens is 1. The lowest BCUT2D eigenvalue weighted by Gasteiger charge is -2.31. The molecule has 4 rings (SSSR count). The van der Waals surface area contributed by atoms with Gasteiger partial charge in [-0.3, -0.25) is 9.59 Å². The summed E-state index contributed by atoms with van der Waals surface area (Å²) >= 11 is 0. The molecule has 2 aromatic carbocycles. The number of nitrogens with one attached hydrogen (secondary N) is 1. The molecular formula is C27H33FN2O4. The number of benzene rings is 2. The minimum atomic E-state index is -0.625. The molecule has 6 nitrogen and oxygen atoms in total. The molecule has 7 heteroatoms. The molecule has 0 saturated heterocycles. The van der Waals surface area contributed by atoms with Crippen molar-refractivity contribution in [3.63, 3.8) is 0 Å². The van der Waals surface area contributed by atoms with Gasteiger partial charge in [0.15, 0.2) is 11.5 Å². The topological polar surface area (TPSA) is 67.9 Å². The summed E-state index contributed by atoms with van der Waals surface area (Å²) < 4.78 is 24.6. The van der Waals surface area contributed by atoms with Crippen molar-refractivity contribution in [1.29, 1.82) is 0 Å². The molecule has 1 aliphatic carbocycles. The zero-order valence-corrected chi connectivity index (χ0v) is 19.7. The van der Waals surface area contributed by atoms with E-state index in [1.165, 1.54) is 18.6 Å². The van der Waals surface area contributed by atoms with Gasteiger partial charge in [-0.05, 0) is 61.6 Å². The Morgan fingerprint density at radius 1 is 1.00 bits per heavy atom. The van der Waals surface area contributed by atoms with Crippen molar-refractivity contribution in [2.24, 2.45) is 0 Å². The van der Waals surface area contributed by atoms with Crippen molar-refractivity contribution < 1.29 is 23.5 Å². The number of amides is 2. The van der Waals surface area contributed by atoms with Gasteiger partial charge >= 0.3 is 0 Å². The van der Waals surface area contributed by atoms with Gasteiger partial charge in [-0.1, -0.05) is 37.5 Å². The minimum absolute atomic E-state index is 0.120. The zero-order valence-electron chi connectivity index (χ0n) is 19.7. The van der Waals surface area contributed by atoms with E-state index in [0.29, 0.717) is 31.1 Å². The molecule has 2 aromatic rings. The Labute approximate surface area is 200 Å². The van der Waals surface area contributed by atoms with E-state index in [2.05, 4.69) is 5.32 Å². The van der Waals surface area contributed by atoms with Crippen molar-refractivity contribution in [3.05, 3.63) is 59.4 Å². The number of hydrogen-bond acceptors (Lipinski definition) is 4. The van der Waals surface area contributed by atoms with Crippen LogP contribution in [0.25, 0.3) is 0 Å². The second kappa shape index (κ2) is 11.4. The summed E-state index contributed by atoms with van der Waals surface area (Å²) in [6.45, 7) is 3.06. The second-order valence-electron chi connectivity index (χ2n) is 9.15. The fraction of sp³-hybridized carbons (Fsp3) is 0.481. The number of carbonyl (C=O) groups excluding carboxylic acids is 2. The highest BCUT2D eigenvalue weighted by atomic mass is 19.1. The second-order valence-corrected chi connectivity index (χ2v) is 9.15. The Morgan fingerprint density at radius 3 is 2.41 bits per heavy atom. The van der Waals surface area contributed by atoms with Crippen LogP contribution in [0.15, 0.2) is 42.5 Å². The summed E-state index contributed by atoms with van der Waals surface area (Å²) in [7, 11) is 0. The first-order valence-electron chi connectivity index (χ1n) is 12.2. The molecule has 2 amide bonds. The van der Waals surface area contributed by atoms with Gasteiger partial charge in [0.05, 0.1) is 0 Å². The fourth-order valence-corrected chi connectivity index (χ4v) is 4.58. The van der Waals surface area contributed by atoms with E-state index in [9.17, 15) is 14.0 Å². The largest absolute Gasteiger partial charge is 0.486 e. The van der Waals surface area contributed by atoms with Crippen molar-refractivity contribution in [3.8, 4) is 11.5 Å². The van der Waals surface area contributed by atoms with Crippen molar-refractivity contribution in [2.75, 3.05) is 13.2 Å². The lowest BCUT2D eigenvalue weighted by molar-refractivity contribution is -0.141. The third-order valence-corrected chi connectivity index (χ3v) is 6.62. The van der Waals surface area contributed by atoms with E-state index in [1.54, 1.807) is 24.0 Å². The van der Waals surface area contributed by atoms with Crippen LogP contribution in [-0.2, 0) is 22.6 Å². The number of nitrogens with zero attached hydrogens (tertiary/aromatic N) is 1. The molecule has 1 heterocycles. The molecule has 0 bridgehead atoms. The number of hydrogen-bond donors (Lipinski definition) is 1. The fourth-order valence-electron chi connectivity index (χ4n) is 4.58. The van der Waals surface area contributed by atoms with E-state index in [-0.39, 0.29) is 36.6 Å². The first kappa shape index (κ1) is 24.0. The van der Waals surface area contributed by atoms with E-state index < -0.39 is 6.04 Å². The molecule has 182 valence electrons. The predicted molar refractivity (Wildman–Crippen MR) is 127 cm³/mol. The van der Waals surface area contributed by atoms with Crippen LogP contribution < -0.4 is 14.8 Å². The number of aryl methyl sites for hydroxylation is 1. The number of rotatable bonds is 8. The average Bonchev–Trinajstić information content (AvgIpc) is 2.87. The Kier molecular flexibility index (Phi) is 8.03. The van der Waals surface area contributed by atoms with Gasteiger partial charge in [0.25, 0.3) is 0 Å². The van der Waals surface area contributed by atoms with Gasteiger partial charge in [0, 0.05) is 19.0 Å². The highest BCUT2D eigenvalue weighted by molar-refractivity contribution is 5.87. The maximum atomic E-state index is 13.4. The smallest absolute Gasteiger partial charge is 0.242 e. The number of carbonyl (C=O) groups is 2. The molecule has 2 aliphatic rings. The molecule has 1 N–H and O–H groups in total. The van der Waals surface area contributed by atoms with Crippen LogP contribution in [0.2, 0.25) is 0 Å².